The molecule has 1 aromatic heterocycles. The number of carbonyl (C=O) groups is 1. The third-order valence-electron chi connectivity index (χ3n) is 4.13. The van der Waals surface area contributed by atoms with E-state index in [1.165, 1.54) is 0 Å². The van der Waals surface area contributed by atoms with Crippen LogP contribution in [0.25, 0.3) is 0 Å². The first-order valence-corrected chi connectivity index (χ1v) is 8.73. The number of hydrogen-bond donors (Lipinski definition) is 0. The molecule has 3 nitrogen and oxygen atoms in total. The van der Waals surface area contributed by atoms with Gasteiger partial charge in [-0.1, -0.05) is 32.1 Å². The van der Waals surface area contributed by atoms with Crippen molar-refractivity contribution in [2.75, 3.05) is 26.2 Å². The highest BCUT2D eigenvalue weighted by molar-refractivity contribution is 7.10. The Morgan fingerprint density at radius 2 is 2.23 bits per heavy atom. The lowest BCUT2D eigenvalue weighted by molar-refractivity contribution is -0.146. The molecule has 0 spiro atoms. The summed E-state index contributed by atoms with van der Waals surface area (Å²) in [6.45, 7) is 7.54. The van der Waals surface area contributed by atoms with E-state index in [9.17, 15) is 4.79 Å². The summed E-state index contributed by atoms with van der Waals surface area (Å²) in [5.74, 6) is 0.103. The van der Waals surface area contributed by atoms with Gasteiger partial charge in [0.25, 0.3) is 0 Å². The van der Waals surface area contributed by atoms with Crippen molar-refractivity contribution in [1.82, 2.24) is 4.90 Å². The molecule has 0 fully saturated rings. The van der Waals surface area contributed by atoms with Gasteiger partial charge in [-0.05, 0) is 43.3 Å². The van der Waals surface area contributed by atoms with Gasteiger partial charge in [0.05, 0.1) is 5.92 Å². The van der Waals surface area contributed by atoms with Crippen molar-refractivity contribution < 1.29 is 9.53 Å². The third kappa shape index (κ3) is 5.11. The number of allylic oxidation sites excluding steroid dienone is 2. The molecule has 1 aliphatic carbocycles. The largest absolute Gasteiger partial charge is 0.464 e. The fourth-order valence-corrected chi connectivity index (χ4v) is 3.70. The normalized spacial score (nSPS) is 18.2. The van der Waals surface area contributed by atoms with Crippen LogP contribution in [0.4, 0.5) is 0 Å². The van der Waals surface area contributed by atoms with Crippen LogP contribution >= 0.6 is 23.7 Å². The molecule has 1 aliphatic rings. The van der Waals surface area contributed by atoms with Gasteiger partial charge in [0.2, 0.25) is 0 Å². The van der Waals surface area contributed by atoms with E-state index in [-0.39, 0.29) is 24.3 Å². The summed E-state index contributed by atoms with van der Waals surface area (Å²) in [6, 6.07) is 4.06. The van der Waals surface area contributed by atoms with E-state index in [4.69, 9.17) is 4.74 Å². The van der Waals surface area contributed by atoms with E-state index in [2.05, 4.69) is 30.9 Å². The van der Waals surface area contributed by atoms with Crippen LogP contribution in [-0.2, 0) is 9.53 Å². The summed E-state index contributed by atoms with van der Waals surface area (Å²) in [5.41, 5.74) is 0. The highest BCUT2D eigenvalue weighted by atomic mass is 35.5. The van der Waals surface area contributed by atoms with E-state index in [0.29, 0.717) is 12.5 Å². The molecule has 0 bridgehead atoms. The number of esters is 1. The van der Waals surface area contributed by atoms with Crippen LogP contribution in [0.5, 0.6) is 0 Å². The van der Waals surface area contributed by atoms with Gasteiger partial charge >= 0.3 is 5.97 Å². The van der Waals surface area contributed by atoms with Gasteiger partial charge in [0.1, 0.15) is 6.61 Å². The maximum Gasteiger partial charge on any atom is 0.314 e. The zero-order valence-corrected chi connectivity index (χ0v) is 15.0. The molecule has 2 rings (SSSR count). The number of hydrogen-bond acceptors (Lipinski definition) is 4. The Hall–Kier alpha value is -0.840. The van der Waals surface area contributed by atoms with Crippen molar-refractivity contribution in [2.45, 2.75) is 32.6 Å². The third-order valence-corrected chi connectivity index (χ3v) is 5.08. The van der Waals surface area contributed by atoms with Crippen molar-refractivity contribution in [3.8, 4) is 0 Å². The minimum Gasteiger partial charge on any atom is -0.464 e. The summed E-state index contributed by atoms with van der Waals surface area (Å²) in [4.78, 5) is 15.9. The number of ether oxygens (including phenoxy) is 1. The van der Waals surface area contributed by atoms with E-state index in [1.54, 1.807) is 11.3 Å². The molecule has 0 saturated carbocycles. The van der Waals surface area contributed by atoms with Crippen LogP contribution in [0.1, 0.15) is 37.5 Å². The highest BCUT2D eigenvalue weighted by Gasteiger charge is 2.31. The quantitative estimate of drug-likeness (QED) is 0.525. The SMILES string of the molecule is CCN(CC)CCOC(=O)C(c1cccs1)C1C=CCC1.Cl. The van der Waals surface area contributed by atoms with E-state index in [0.717, 1.165) is 37.4 Å². The highest BCUT2D eigenvalue weighted by Crippen LogP contribution is 2.36. The smallest absolute Gasteiger partial charge is 0.314 e. The second-order valence-corrected chi connectivity index (χ2v) is 6.34. The molecule has 0 saturated heterocycles. The first-order valence-electron chi connectivity index (χ1n) is 7.85. The maximum atomic E-state index is 12.5. The van der Waals surface area contributed by atoms with E-state index >= 15 is 0 Å². The number of halogens is 1. The molecule has 2 unspecified atom stereocenters. The molecule has 0 radical (unpaired) electrons. The van der Waals surface area contributed by atoms with Crippen molar-refractivity contribution in [3.63, 3.8) is 0 Å². The van der Waals surface area contributed by atoms with Gasteiger partial charge in [0.15, 0.2) is 0 Å². The van der Waals surface area contributed by atoms with Gasteiger partial charge in [-0.2, -0.15) is 0 Å². The number of likely N-dealkylation sites (N-methyl/N-ethyl adjacent to an activating group) is 1. The Balaban J connectivity index is 0.00000242. The van der Waals surface area contributed by atoms with Crippen LogP contribution < -0.4 is 0 Å². The molecule has 2 atom stereocenters. The van der Waals surface area contributed by atoms with Crippen LogP contribution in [0.15, 0.2) is 29.7 Å². The summed E-state index contributed by atoms with van der Waals surface area (Å²) in [5, 5.41) is 2.03. The molecule has 0 amide bonds. The summed E-state index contributed by atoms with van der Waals surface area (Å²) in [7, 11) is 0. The Kier molecular flexibility index (Phi) is 8.76. The Morgan fingerprint density at radius 3 is 2.77 bits per heavy atom. The van der Waals surface area contributed by atoms with Crippen molar-refractivity contribution in [2.24, 2.45) is 5.92 Å². The molecule has 0 aliphatic heterocycles. The molecule has 22 heavy (non-hydrogen) atoms. The molecule has 5 heteroatoms. The van der Waals surface area contributed by atoms with Gasteiger partial charge in [-0.25, -0.2) is 0 Å². The molecule has 0 aromatic carbocycles. The number of rotatable bonds is 8. The summed E-state index contributed by atoms with van der Waals surface area (Å²) in [6.07, 6.45) is 6.47. The summed E-state index contributed by atoms with van der Waals surface area (Å²) >= 11 is 1.65. The van der Waals surface area contributed by atoms with Crippen LogP contribution in [0.2, 0.25) is 0 Å². The fourth-order valence-electron chi connectivity index (χ4n) is 2.81. The monoisotopic (exact) mass is 343 g/mol. The predicted molar refractivity (Wildman–Crippen MR) is 94.9 cm³/mol. The molecule has 124 valence electrons. The standard InChI is InChI=1S/C17H25NO2S.ClH/c1-3-18(4-2)11-12-20-17(19)16(14-8-5-6-9-14)15-10-7-13-21-15;/h5,7-8,10,13-14,16H,3-4,6,9,11-12H2,1-2H3;1H. The van der Waals surface area contributed by atoms with Crippen molar-refractivity contribution in [1.29, 1.82) is 0 Å². The molecule has 1 heterocycles. The van der Waals surface area contributed by atoms with E-state index in [1.807, 2.05) is 17.5 Å². The maximum absolute atomic E-state index is 12.5. The average Bonchev–Trinajstić information content (AvgIpc) is 3.18. The molecule has 0 N–H and O–H groups in total. The predicted octanol–water partition coefficient (Wildman–Crippen LogP) is 4.10. The Morgan fingerprint density at radius 1 is 1.45 bits per heavy atom. The summed E-state index contributed by atoms with van der Waals surface area (Å²) < 4.78 is 5.57. The minimum absolute atomic E-state index is 0. The van der Waals surface area contributed by atoms with Gasteiger partial charge in [-0.3, -0.25) is 4.79 Å². The lowest BCUT2D eigenvalue weighted by atomic mass is 9.90. The Labute approximate surface area is 143 Å². The second-order valence-electron chi connectivity index (χ2n) is 5.36. The minimum atomic E-state index is -0.125. The van der Waals surface area contributed by atoms with Gasteiger partial charge in [-0.15, -0.1) is 23.7 Å². The lowest BCUT2D eigenvalue weighted by Gasteiger charge is -2.22. The number of nitrogens with zero attached hydrogens (tertiary/aromatic N) is 1. The first kappa shape index (κ1) is 19.2. The average molecular weight is 344 g/mol. The van der Waals surface area contributed by atoms with Crippen LogP contribution in [-0.4, -0.2) is 37.1 Å². The van der Waals surface area contributed by atoms with Crippen molar-refractivity contribution in [3.05, 3.63) is 34.5 Å². The number of carbonyl (C=O) groups excluding carboxylic acids is 1. The molecular weight excluding hydrogens is 318 g/mol. The second kappa shape index (κ2) is 10.0. The Bertz CT molecular complexity index is 457. The zero-order valence-electron chi connectivity index (χ0n) is 13.4. The van der Waals surface area contributed by atoms with Crippen LogP contribution in [0.3, 0.4) is 0 Å². The fraction of sp³-hybridized carbons (Fsp3) is 0.588. The molecular formula is C17H26ClNO2S. The van der Waals surface area contributed by atoms with Gasteiger partial charge in [0, 0.05) is 11.4 Å². The first-order chi connectivity index (χ1) is 10.3. The van der Waals surface area contributed by atoms with E-state index < -0.39 is 0 Å². The van der Waals surface area contributed by atoms with Crippen molar-refractivity contribution >= 4 is 29.7 Å². The molecule has 1 aromatic rings. The number of thiophene rings is 1. The topological polar surface area (TPSA) is 29.5 Å². The van der Waals surface area contributed by atoms with Gasteiger partial charge < -0.3 is 9.64 Å². The lowest BCUT2D eigenvalue weighted by Crippen LogP contribution is -2.29. The zero-order chi connectivity index (χ0) is 15.1. The van der Waals surface area contributed by atoms with Crippen LogP contribution in [0, 0.1) is 5.92 Å².